The summed E-state index contributed by atoms with van der Waals surface area (Å²) in [7, 11) is 0. The molecule has 0 saturated heterocycles. The predicted molar refractivity (Wildman–Crippen MR) is 58.4 cm³/mol. The topological polar surface area (TPSA) is 50.2 Å². The average Bonchev–Trinajstić information content (AvgIpc) is 2.26. The van der Waals surface area contributed by atoms with Gasteiger partial charge in [-0.25, -0.2) is 4.79 Å². The van der Waals surface area contributed by atoms with Crippen molar-refractivity contribution in [2.75, 3.05) is 0 Å². The van der Waals surface area contributed by atoms with Gasteiger partial charge in [-0.05, 0) is 23.1 Å². The van der Waals surface area contributed by atoms with E-state index in [2.05, 4.69) is 4.98 Å². The van der Waals surface area contributed by atoms with Gasteiger partial charge < -0.3 is 5.11 Å². The van der Waals surface area contributed by atoms with Crippen LogP contribution in [0.15, 0.2) is 42.7 Å². The van der Waals surface area contributed by atoms with Crippen LogP contribution >= 0.6 is 0 Å². The second kappa shape index (κ2) is 3.92. The van der Waals surface area contributed by atoms with Gasteiger partial charge in [0.25, 0.3) is 0 Å². The lowest BCUT2D eigenvalue weighted by atomic mass is 10.1. The molecule has 0 spiro atoms. The minimum absolute atomic E-state index is 0.886. The fraction of sp³-hybridized carbons (Fsp3) is 0. The summed E-state index contributed by atoms with van der Waals surface area (Å²) in [6.45, 7) is 0. The first-order valence-corrected chi connectivity index (χ1v) is 4.51. The van der Waals surface area contributed by atoms with Crippen LogP contribution in [0.1, 0.15) is 5.56 Å². The van der Waals surface area contributed by atoms with E-state index in [1.807, 2.05) is 24.3 Å². The Balaban J connectivity index is 2.56. The van der Waals surface area contributed by atoms with Gasteiger partial charge >= 0.3 is 5.97 Å². The molecule has 2 rings (SSSR count). The van der Waals surface area contributed by atoms with Crippen molar-refractivity contribution < 1.29 is 9.90 Å². The second-order valence-electron chi connectivity index (χ2n) is 3.12. The van der Waals surface area contributed by atoms with Crippen molar-refractivity contribution in [1.82, 2.24) is 4.98 Å². The number of hydrogen-bond donors (Lipinski definition) is 1. The first-order valence-electron chi connectivity index (χ1n) is 4.51. The van der Waals surface area contributed by atoms with Gasteiger partial charge in [0.05, 0.1) is 0 Å². The summed E-state index contributed by atoms with van der Waals surface area (Å²) < 4.78 is 0. The number of fused-ring (bicyclic) bond motifs is 1. The van der Waals surface area contributed by atoms with E-state index in [1.54, 1.807) is 18.5 Å². The Morgan fingerprint density at radius 3 is 3.00 bits per heavy atom. The summed E-state index contributed by atoms with van der Waals surface area (Å²) in [6.07, 6.45) is 6.17. The van der Waals surface area contributed by atoms with Crippen LogP contribution in [0.4, 0.5) is 0 Å². The molecule has 1 aromatic heterocycles. The summed E-state index contributed by atoms with van der Waals surface area (Å²) in [4.78, 5) is 14.4. The molecule has 0 radical (unpaired) electrons. The van der Waals surface area contributed by atoms with Crippen molar-refractivity contribution in [3.63, 3.8) is 0 Å². The number of carboxylic acid groups (broad SMARTS) is 1. The molecule has 1 N–H and O–H groups in total. The highest BCUT2D eigenvalue weighted by atomic mass is 16.4. The zero-order valence-corrected chi connectivity index (χ0v) is 7.92. The lowest BCUT2D eigenvalue weighted by Gasteiger charge is -2.00. The summed E-state index contributed by atoms with van der Waals surface area (Å²) in [5.41, 5.74) is 0.886. The monoisotopic (exact) mass is 199 g/mol. The van der Waals surface area contributed by atoms with Crippen LogP contribution in [-0.2, 0) is 4.79 Å². The molecule has 1 aromatic carbocycles. The summed E-state index contributed by atoms with van der Waals surface area (Å²) in [6, 6.07) is 7.57. The number of nitrogens with zero attached hydrogens (tertiary/aromatic N) is 1. The Kier molecular flexibility index (Phi) is 2.46. The minimum Gasteiger partial charge on any atom is -0.478 e. The Morgan fingerprint density at radius 1 is 1.33 bits per heavy atom. The molecule has 0 amide bonds. The van der Waals surface area contributed by atoms with Gasteiger partial charge in [-0.3, -0.25) is 4.98 Å². The van der Waals surface area contributed by atoms with Crippen LogP contribution in [0.25, 0.3) is 16.8 Å². The fourth-order valence-electron chi connectivity index (χ4n) is 1.45. The Morgan fingerprint density at radius 2 is 2.20 bits per heavy atom. The minimum atomic E-state index is -0.943. The lowest BCUT2D eigenvalue weighted by molar-refractivity contribution is -0.131. The first kappa shape index (κ1) is 9.40. The zero-order chi connectivity index (χ0) is 10.7. The second-order valence-corrected chi connectivity index (χ2v) is 3.12. The molecule has 3 nitrogen and oxygen atoms in total. The number of hydrogen-bond acceptors (Lipinski definition) is 2. The van der Waals surface area contributed by atoms with Gasteiger partial charge in [0.1, 0.15) is 0 Å². The number of rotatable bonds is 2. The normalized spacial score (nSPS) is 10.9. The van der Waals surface area contributed by atoms with Gasteiger partial charge in [-0.15, -0.1) is 0 Å². The molecule has 2 aromatic rings. The molecule has 0 atom stereocenters. The maximum atomic E-state index is 10.4. The zero-order valence-electron chi connectivity index (χ0n) is 7.92. The molecule has 0 saturated carbocycles. The van der Waals surface area contributed by atoms with Gasteiger partial charge in [-0.2, -0.15) is 0 Å². The smallest absolute Gasteiger partial charge is 0.328 e. The number of benzene rings is 1. The SMILES string of the molecule is O=C(O)/C=C\c1cccc2cnccc12. The van der Waals surface area contributed by atoms with Gasteiger partial charge in [-0.1, -0.05) is 18.2 Å². The maximum Gasteiger partial charge on any atom is 0.328 e. The molecule has 0 bridgehead atoms. The van der Waals surface area contributed by atoms with Crippen LogP contribution in [0.5, 0.6) is 0 Å². The highest BCUT2D eigenvalue weighted by Gasteiger charge is 1.97. The van der Waals surface area contributed by atoms with E-state index in [1.165, 1.54) is 0 Å². The van der Waals surface area contributed by atoms with Crippen molar-refractivity contribution in [3.05, 3.63) is 48.3 Å². The van der Waals surface area contributed by atoms with Crippen LogP contribution in [0.2, 0.25) is 0 Å². The summed E-state index contributed by atoms with van der Waals surface area (Å²) in [5, 5.41) is 10.6. The molecule has 3 heteroatoms. The van der Waals surface area contributed by atoms with Crippen molar-refractivity contribution >= 4 is 22.8 Å². The molecular formula is C12H9NO2. The number of carbonyl (C=O) groups is 1. The number of carboxylic acids is 1. The van der Waals surface area contributed by atoms with Crippen molar-refractivity contribution in [2.45, 2.75) is 0 Å². The molecular weight excluding hydrogens is 190 g/mol. The largest absolute Gasteiger partial charge is 0.478 e. The Hall–Kier alpha value is -2.16. The van der Waals surface area contributed by atoms with E-state index in [4.69, 9.17) is 5.11 Å². The standard InChI is InChI=1S/C12H9NO2/c14-12(15)5-4-9-2-1-3-10-8-13-7-6-11(9)10/h1-8H,(H,14,15)/b5-4-. The molecule has 74 valence electrons. The van der Waals surface area contributed by atoms with Crippen LogP contribution in [0.3, 0.4) is 0 Å². The van der Waals surface area contributed by atoms with Crippen molar-refractivity contribution in [3.8, 4) is 0 Å². The van der Waals surface area contributed by atoms with E-state index in [9.17, 15) is 4.79 Å². The highest BCUT2D eigenvalue weighted by molar-refractivity contribution is 5.93. The molecule has 0 aliphatic carbocycles. The molecule has 0 fully saturated rings. The van der Waals surface area contributed by atoms with E-state index in [-0.39, 0.29) is 0 Å². The lowest BCUT2D eigenvalue weighted by Crippen LogP contribution is -1.86. The maximum absolute atomic E-state index is 10.4. The quantitative estimate of drug-likeness (QED) is 0.755. The third kappa shape index (κ3) is 2.02. The van der Waals surface area contributed by atoms with Crippen LogP contribution in [0, 0.1) is 0 Å². The molecule has 0 aliphatic rings. The Labute approximate surface area is 86.7 Å². The highest BCUT2D eigenvalue weighted by Crippen LogP contribution is 2.18. The van der Waals surface area contributed by atoms with Crippen molar-refractivity contribution in [1.29, 1.82) is 0 Å². The molecule has 0 unspecified atom stereocenters. The molecule has 0 aliphatic heterocycles. The van der Waals surface area contributed by atoms with E-state index >= 15 is 0 Å². The van der Waals surface area contributed by atoms with E-state index in [0.717, 1.165) is 22.4 Å². The third-order valence-corrected chi connectivity index (χ3v) is 2.12. The number of aromatic nitrogens is 1. The van der Waals surface area contributed by atoms with E-state index in [0.29, 0.717) is 0 Å². The average molecular weight is 199 g/mol. The molecule has 1 heterocycles. The van der Waals surface area contributed by atoms with Crippen molar-refractivity contribution in [2.24, 2.45) is 0 Å². The number of pyridine rings is 1. The first-order chi connectivity index (χ1) is 7.27. The van der Waals surface area contributed by atoms with Crippen LogP contribution in [-0.4, -0.2) is 16.1 Å². The van der Waals surface area contributed by atoms with Crippen LogP contribution < -0.4 is 0 Å². The molecule has 15 heavy (non-hydrogen) atoms. The fourth-order valence-corrected chi connectivity index (χ4v) is 1.45. The van der Waals surface area contributed by atoms with Gasteiger partial charge in [0.2, 0.25) is 0 Å². The van der Waals surface area contributed by atoms with E-state index < -0.39 is 5.97 Å². The summed E-state index contributed by atoms with van der Waals surface area (Å²) in [5.74, 6) is -0.943. The van der Waals surface area contributed by atoms with Gasteiger partial charge in [0, 0.05) is 23.9 Å². The third-order valence-electron chi connectivity index (χ3n) is 2.12. The predicted octanol–water partition coefficient (Wildman–Crippen LogP) is 2.33. The summed E-state index contributed by atoms with van der Waals surface area (Å²) >= 11 is 0. The Bertz CT molecular complexity index is 527. The number of aliphatic carboxylic acids is 1. The van der Waals surface area contributed by atoms with Gasteiger partial charge in [0.15, 0.2) is 0 Å².